The maximum Gasteiger partial charge on any atom is 0.229 e. The summed E-state index contributed by atoms with van der Waals surface area (Å²) < 4.78 is 137. The summed E-state index contributed by atoms with van der Waals surface area (Å²) >= 11 is 0. The van der Waals surface area contributed by atoms with E-state index in [4.69, 9.17) is 0 Å². The molecule has 1 aliphatic carbocycles. The van der Waals surface area contributed by atoms with Crippen molar-refractivity contribution in [2.75, 3.05) is 28.8 Å². The van der Waals surface area contributed by atoms with Gasteiger partial charge in [-0.3, -0.25) is 0 Å². The molecule has 0 heterocycles. The van der Waals surface area contributed by atoms with Crippen molar-refractivity contribution < 1.29 is 42.1 Å². The van der Waals surface area contributed by atoms with Gasteiger partial charge in [-0.05, 0) is 243 Å². The maximum absolute atomic E-state index is 13.7. The van der Waals surface area contributed by atoms with Crippen LogP contribution in [-0.4, -0.2) is 70.9 Å². The normalized spacial score (nSPS) is 19.4. The number of rotatable bonds is 25. The van der Waals surface area contributed by atoms with Gasteiger partial charge in [0.25, 0.3) is 0 Å². The lowest BCUT2D eigenvalue weighted by Gasteiger charge is -2.35. The van der Waals surface area contributed by atoms with Gasteiger partial charge >= 0.3 is 0 Å². The number of benzene rings is 5. The third-order valence-electron chi connectivity index (χ3n) is 13.7. The molecule has 1 fully saturated rings. The quantitative estimate of drug-likeness (QED) is 0.0505. The van der Waals surface area contributed by atoms with Crippen LogP contribution in [0.15, 0.2) is 146 Å². The molecule has 20 heteroatoms. The van der Waals surface area contributed by atoms with Gasteiger partial charge in [-0.15, -0.1) is 0 Å². The molecular weight excluding hydrogens is 1140 g/mol. The minimum Gasteiger partial charge on any atom is -0.212 e. The second-order valence-corrected chi connectivity index (χ2v) is 40.1. The van der Waals surface area contributed by atoms with Gasteiger partial charge < -0.3 is 0 Å². The summed E-state index contributed by atoms with van der Waals surface area (Å²) in [6.07, 6.45) is 6.04. The summed E-state index contributed by atoms with van der Waals surface area (Å²) in [5, 5.41) is 0. The van der Waals surface area contributed by atoms with Crippen LogP contribution in [0.25, 0.3) is 0 Å². The molecular formula is C55H70O10S10. The van der Waals surface area contributed by atoms with E-state index in [2.05, 4.69) is 0 Å². The predicted molar refractivity (Wildman–Crippen MR) is 318 cm³/mol. The molecule has 0 atom stereocenters. The van der Waals surface area contributed by atoms with E-state index in [1.54, 1.807) is 121 Å². The summed E-state index contributed by atoms with van der Waals surface area (Å²) in [6, 6.07) is 33.9. The van der Waals surface area contributed by atoms with Gasteiger partial charge in [-0.25, -0.2) is 42.1 Å². The Balaban J connectivity index is 1.32. The van der Waals surface area contributed by atoms with Crippen molar-refractivity contribution in [2.24, 2.45) is 29.6 Å². The molecule has 1 aliphatic rings. The molecule has 0 amide bonds. The average molecular weight is 1210 g/mol. The first-order valence-electron chi connectivity index (χ1n) is 25.2. The van der Waals surface area contributed by atoms with Crippen LogP contribution >= 0.6 is 54.0 Å². The van der Waals surface area contributed by atoms with E-state index in [-0.39, 0.29) is 54.1 Å². The van der Waals surface area contributed by atoms with E-state index in [1.165, 1.54) is 0 Å². The third kappa shape index (κ3) is 19.7. The number of hydrogen-bond donors (Lipinski definition) is 0. The lowest BCUT2D eigenvalue weighted by Crippen LogP contribution is -2.24. The standard InChI is InChI=1S/C55H70O10S10/c1-41-6-16-51(17-7-41)71(56,57)66-31-26-46-36-47(27-32-67-72(58,59)52-18-8-42(2)9-19-52)38-49(29-34-69-74(62,63)54-22-12-44(4)13-23-54)40-50(30-35-70-75(64,65)55-24-14-45(5)15-25-55)39-48(37-46)28-33-68-73(60,61)53-20-10-43(3)11-21-53/h6-25,46-50H,26-40H2,1-5H3. The van der Waals surface area contributed by atoms with Crippen molar-refractivity contribution in [3.8, 4) is 0 Å². The maximum atomic E-state index is 13.7. The molecule has 1 saturated carbocycles. The molecule has 5 aromatic rings. The van der Waals surface area contributed by atoms with Gasteiger partial charge in [0, 0.05) is 28.8 Å². The highest BCUT2D eigenvalue weighted by molar-refractivity contribution is 8.73. The number of hydrogen-bond acceptors (Lipinski definition) is 15. The Morgan fingerprint density at radius 2 is 0.400 bits per heavy atom. The van der Waals surface area contributed by atoms with Crippen molar-refractivity contribution in [2.45, 2.75) is 123 Å². The van der Waals surface area contributed by atoms with Gasteiger partial charge in [-0.2, -0.15) is 0 Å². The largest absolute Gasteiger partial charge is 0.229 e. The third-order valence-corrected chi connectivity index (χ3v) is 31.6. The summed E-state index contributed by atoms with van der Waals surface area (Å²) in [6.45, 7) is 9.49. The van der Waals surface area contributed by atoms with Crippen LogP contribution in [0.5, 0.6) is 0 Å². The topological polar surface area (TPSA) is 171 Å². The zero-order chi connectivity index (χ0) is 54.4. The minimum atomic E-state index is -3.69. The predicted octanol–water partition coefficient (Wildman–Crippen LogP) is 14.1. The van der Waals surface area contributed by atoms with Crippen LogP contribution in [0.1, 0.15) is 92.0 Å². The molecule has 0 unspecified atom stereocenters. The van der Waals surface area contributed by atoms with E-state index in [0.29, 0.717) is 93.0 Å². The lowest BCUT2D eigenvalue weighted by atomic mass is 9.72. The Morgan fingerprint density at radius 1 is 0.267 bits per heavy atom. The van der Waals surface area contributed by atoms with Crippen LogP contribution < -0.4 is 0 Å². The van der Waals surface area contributed by atoms with Crippen molar-refractivity contribution in [3.63, 3.8) is 0 Å². The molecule has 0 saturated heterocycles. The Morgan fingerprint density at radius 3 is 0.533 bits per heavy atom. The Hall–Kier alpha value is -2.40. The first-order valence-corrected chi connectivity index (χ1v) is 40.1. The Kier molecular flexibility index (Phi) is 23.2. The highest BCUT2D eigenvalue weighted by Gasteiger charge is 2.32. The Labute approximate surface area is 467 Å². The van der Waals surface area contributed by atoms with Gasteiger partial charge in [0.05, 0.1) is 24.5 Å². The van der Waals surface area contributed by atoms with E-state index in [9.17, 15) is 42.1 Å². The molecule has 75 heavy (non-hydrogen) atoms. The summed E-state index contributed by atoms with van der Waals surface area (Å²) in [7, 11) is -13.9. The molecule has 0 radical (unpaired) electrons. The molecule has 6 rings (SSSR count). The first-order chi connectivity index (χ1) is 35.4. The summed E-state index contributed by atoms with van der Waals surface area (Å²) in [5.41, 5.74) is 4.73. The van der Waals surface area contributed by atoms with E-state index >= 15 is 0 Å². The summed E-state index contributed by atoms with van der Waals surface area (Å²) in [4.78, 5) is 1.15. The molecule has 0 N–H and O–H groups in total. The molecule has 0 bridgehead atoms. The minimum absolute atomic E-state index is 0.0230. The fourth-order valence-corrected chi connectivity index (χ4v) is 24.2. The first kappa shape index (κ1) is 61.8. The highest BCUT2D eigenvalue weighted by Crippen LogP contribution is 2.43. The second-order valence-electron chi connectivity index (χ2n) is 19.9. The number of aryl methyl sites for hydroxylation is 5. The van der Waals surface area contributed by atoms with Crippen LogP contribution in [0.4, 0.5) is 0 Å². The van der Waals surface area contributed by atoms with E-state index in [1.807, 2.05) is 34.6 Å². The molecule has 10 nitrogen and oxygen atoms in total. The smallest absolute Gasteiger partial charge is 0.212 e. The fourth-order valence-electron chi connectivity index (χ4n) is 9.50. The average Bonchev–Trinajstić information content (AvgIpc) is 3.34. The van der Waals surface area contributed by atoms with Gasteiger partial charge in [0.15, 0.2) is 0 Å². The molecule has 0 aromatic heterocycles. The monoisotopic (exact) mass is 1210 g/mol. The van der Waals surface area contributed by atoms with Crippen molar-refractivity contribution in [1.82, 2.24) is 0 Å². The van der Waals surface area contributed by atoms with Crippen molar-refractivity contribution in [3.05, 3.63) is 149 Å². The van der Waals surface area contributed by atoms with Gasteiger partial charge in [0.2, 0.25) is 44.3 Å². The molecule has 5 aromatic carbocycles. The SMILES string of the molecule is Cc1ccc(S(=O)(=O)SCCC2CC(CCSS(=O)(=O)c3ccc(C)cc3)CC(CCSS(=O)(=O)c3ccc(C)cc3)CC(CCSS(=O)(=O)c3ccc(C)cc3)CC(CCSS(=O)(=O)c3ccc(C)cc3)C2)cc1. The van der Waals surface area contributed by atoms with Crippen LogP contribution in [0.2, 0.25) is 0 Å². The Bertz CT molecular complexity index is 2670. The highest BCUT2D eigenvalue weighted by atomic mass is 33.2. The zero-order valence-electron chi connectivity index (χ0n) is 43.2. The van der Waals surface area contributed by atoms with Gasteiger partial charge in [0.1, 0.15) is 0 Å². The van der Waals surface area contributed by atoms with Crippen LogP contribution in [0, 0.1) is 64.2 Å². The summed E-state index contributed by atoms with van der Waals surface area (Å²) in [5.74, 6) is 1.42. The van der Waals surface area contributed by atoms with Crippen LogP contribution in [-0.2, 0) is 44.3 Å². The van der Waals surface area contributed by atoms with Gasteiger partial charge in [-0.1, -0.05) is 88.5 Å². The lowest BCUT2D eigenvalue weighted by molar-refractivity contribution is 0.185. The van der Waals surface area contributed by atoms with Crippen LogP contribution in [0.3, 0.4) is 0 Å². The zero-order valence-corrected chi connectivity index (χ0v) is 51.4. The van der Waals surface area contributed by atoms with E-state index < -0.39 is 44.3 Å². The van der Waals surface area contributed by atoms with E-state index in [0.717, 1.165) is 81.8 Å². The van der Waals surface area contributed by atoms with Crippen molar-refractivity contribution in [1.29, 1.82) is 0 Å². The fraction of sp³-hybridized carbons (Fsp3) is 0.455. The second kappa shape index (κ2) is 28.1. The molecule has 410 valence electrons. The van der Waals surface area contributed by atoms with Crippen molar-refractivity contribution >= 4 is 98.3 Å². The molecule has 0 aliphatic heterocycles. The molecule has 0 spiro atoms.